The molecule has 0 bridgehead atoms. The van der Waals surface area contributed by atoms with Gasteiger partial charge in [-0.3, -0.25) is 9.10 Å². The van der Waals surface area contributed by atoms with Gasteiger partial charge in [0.1, 0.15) is 11.6 Å². The van der Waals surface area contributed by atoms with Crippen molar-refractivity contribution in [3.8, 4) is 11.1 Å². The van der Waals surface area contributed by atoms with E-state index in [-0.39, 0.29) is 18.7 Å². The lowest BCUT2D eigenvalue weighted by molar-refractivity contribution is -0.138. The lowest BCUT2D eigenvalue weighted by Crippen LogP contribution is -2.46. The van der Waals surface area contributed by atoms with Gasteiger partial charge in [0.15, 0.2) is 11.6 Å². The van der Waals surface area contributed by atoms with Crippen LogP contribution in [0.15, 0.2) is 71.5 Å². The fraction of sp³-hybridized carbons (Fsp3) is 0.167. The fourth-order valence-electron chi connectivity index (χ4n) is 3.83. The van der Waals surface area contributed by atoms with Crippen molar-refractivity contribution in [3.05, 3.63) is 88.7 Å². The lowest BCUT2D eigenvalue weighted by atomic mass is 10.0. The van der Waals surface area contributed by atoms with E-state index in [0.29, 0.717) is 22.0 Å². The molecule has 186 valence electrons. The van der Waals surface area contributed by atoms with E-state index in [4.69, 9.17) is 0 Å². The van der Waals surface area contributed by atoms with Crippen molar-refractivity contribution in [2.45, 2.75) is 19.0 Å². The monoisotopic (exact) mass is 514 g/mol. The van der Waals surface area contributed by atoms with Crippen molar-refractivity contribution < 1.29 is 27.1 Å². The van der Waals surface area contributed by atoms with Gasteiger partial charge in [-0.15, -0.1) is 5.10 Å². The molecule has 0 saturated carbocycles. The van der Waals surface area contributed by atoms with Gasteiger partial charge in [-0.05, 0) is 53.9 Å². The van der Waals surface area contributed by atoms with Crippen LogP contribution in [0.2, 0.25) is 0 Å². The van der Waals surface area contributed by atoms with Crippen LogP contribution in [0.5, 0.6) is 0 Å². The number of benzene rings is 3. The van der Waals surface area contributed by atoms with E-state index in [1.807, 2.05) is 0 Å². The highest BCUT2D eigenvalue weighted by Gasteiger charge is 2.33. The Hall–Kier alpha value is -4.19. The van der Waals surface area contributed by atoms with Crippen LogP contribution in [0, 0.1) is 11.6 Å². The summed E-state index contributed by atoms with van der Waals surface area (Å²) in [4.78, 5) is 24.8. The van der Waals surface area contributed by atoms with Crippen molar-refractivity contribution in [1.82, 2.24) is 15.0 Å². The number of carboxylic acid groups (broad SMARTS) is 1. The van der Waals surface area contributed by atoms with Crippen molar-refractivity contribution in [2.24, 2.45) is 0 Å². The minimum atomic E-state index is -4.08. The first-order valence-corrected chi connectivity index (χ1v) is 12.5. The van der Waals surface area contributed by atoms with Crippen LogP contribution >= 0.6 is 0 Å². The highest BCUT2D eigenvalue weighted by atomic mass is 32.2. The third kappa shape index (κ3) is 5.08. The van der Waals surface area contributed by atoms with Gasteiger partial charge in [-0.1, -0.05) is 35.5 Å². The molecule has 0 aliphatic heterocycles. The molecule has 0 saturated heterocycles. The molecule has 0 aliphatic carbocycles. The molecule has 0 spiro atoms. The topological polar surface area (TPSA) is 122 Å². The molecule has 1 aromatic heterocycles. The SMILES string of the molecule is CS(=O)(=O)N(c1ccc(-c2ccc(F)c(F)c2)cc1)[C@H](CCn1nnc2ccccc2c1=O)C(=O)O. The van der Waals surface area contributed by atoms with Crippen molar-refractivity contribution in [1.29, 1.82) is 0 Å². The predicted octanol–water partition coefficient (Wildman–Crippen LogP) is 3.05. The summed E-state index contributed by atoms with van der Waals surface area (Å²) in [6.45, 7) is -0.202. The molecular weight excluding hydrogens is 494 g/mol. The largest absolute Gasteiger partial charge is 0.480 e. The summed E-state index contributed by atoms with van der Waals surface area (Å²) in [7, 11) is -4.08. The Balaban J connectivity index is 1.65. The van der Waals surface area contributed by atoms with Crippen LogP contribution in [0.4, 0.5) is 14.5 Å². The Kier molecular flexibility index (Phi) is 6.80. The number of aromatic nitrogens is 3. The summed E-state index contributed by atoms with van der Waals surface area (Å²) in [5.74, 6) is -3.46. The number of sulfonamides is 1. The second-order valence-electron chi connectivity index (χ2n) is 8.01. The van der Waals surface area contributed by atoms with Crippen LogP contribution in [0.25, 0.3) is 22.0 Å². The van der Waals surface area contributed by atoms with Crippen LogP contribution < -0.4 is 9.86 Å². The molecule has 1 N–H and O–H groups in total. The Morgan fingerprint density at radius 2 is 1.69 bits per heavy atom. The number of aliphatic carboxylic acids is 1. The maximum absolute atomic E-state index is 13.6. The normalized spacial score (nSPS) is 12.4. The quantitative estimate of drug-likeness (QED) is 0.383. The smallest absolute Gasteiger partial charge is 0.327 e. The summed E-state index contributed by atoms with van der Waals surface area (Å²) >= 11 is 0. The van der Waals surface area contributed by atoms with Gasteiger partial charge in [-0.2, -0.15) is 0 Å². The molecule has 1 atom stereocenters. The summed E-state index contributed by atoms with van der Waals surface area (Å²) in [5, 5.41) is 17.9. The number of aryl methyl sites for hydroxylation is 1. The zero-order valence-corrected chi connectivity index (χ0v) is 19.7. The average molecular weight is 515 g/mol. The van der Waals surface area contributed by atoms with Crippen molar-refractivity contribution in [2.75, 3.05) is 10.6 Å². The van der Waals surface area contributed by atoms with E-state index in [1.54, 1.807) is 24.3 Å². The second kappa shape index (κ2) is 9.82. The number of fused-ring (bicyclic) bond motifs is 1. The molecule has 1 heterocycles. The number of hydrogen-bond acceptors (Lipinski definition) is 6. The molecule has 3 aromatic carbocycles. The van der Waals surface area contributed by atoms with Gasteiger partial charge in [0.05, 0.1) is 17.3 Å². The Labute approximate surface area is 204 Å². The predicted molar refractivity (Wildman–Crippen MR) is 129 cm³/mol. The molecule has 0 amide bonds. The zero-order valence-electron chi connectivity index (χ0n) is 18.9. The van der Waals surface area contributed by atoms with E-state index < -0.39 is 39.2 Å². The minimum absolute atomic E-state index is 0.0492. The number of rotatable bonds is 8. The number of nitrogens with zero attached hydrogens (tertiary/aromatic N) is 4. The highest BCUT2D eigenvalue weighted by molar-refractivity contribution is 7.92. The standard InChI is InChI=1S/C24H20F2N4O5S/c1-36(34,35)30(17-9-6-15(7-10-17)16-8-11-19(25)20(26)14-16)22(24(32)33)12-13-29-23(31)18-4-2-3-5-21(18)27-28-29/h2-11,14,22H,12-13H2,1H3,(H,32,33)/t22-/m1/s1. The number of carboxylic acids is 1. The summed E-state index contributed by atoms with van der Waals surface area (Å²) in [6.07, 6.45) is 0.592. The van der Waals surface area contributed by atoms with Crippen LogP contribution in [0.1, 0.15) is 6.42 Å². The van der Waals surface area contributed by atoms with Gasteiger partial charge in [-0.25, -0.2) is 26.7 Å². The number of carbonyl (C=O) groups is 1. The lowest BCUT2D eigenvalue weighted by Gasteiger charge is -2.29. The van der Waals surface area contributed by atoms with Crippen LogP contribution in [0.3, 0.4) is 0 Å². The molecule has 4 aromatic rings. The van der Waals surface area contributed by atoms with Gasteiger partial charge < -0.3 is 5.11 Å². The first-order chi connectivity index (χ1) is 17.1. The van der Waals surface area contributed by atoms with E-state index in [1.165, 1.54) is 30.3 Å². The summed E-state index contributed by atoms with van der Waals surface area (Å²) in [6, 6.07) is 14.0. The average Bonchev–Trinajstić information content (AvgIpc) is 2.84. The van der Waals surface area contributed by atoms with E-state index in [9.17, 15) is 31.9 Å². The maximum Gasteiger partial charge on any atom is 0.327 e. The molecular formula is C24H20F2N4O5S. The maximum atomic E-state index is 13.6. The molecule has 0 fully saturated rings. The van der Waals surface area contributed by atoms with Gasteiger partial charge >= 0.3 is 5.97 Å². The van der Waals surface area contributed by atoms with E-state index in [2.05, 4.69) is 10.3 Å². The van der Waals surface area contributed by atoms with Crippen LogP contribution in [-0.4, -0.2) is 46.8 Å². The molecule has 9 nitrogen and oxygen atoms in total. The van der Waals surface area contributed by atoms with Crippen molar-refractivity contribution >= 4 is 32.6 Å². The summed E-state index contributed by atoms with van der Waals surface area (Å²) in [5.41, 5.74) is 0.776. The highest BCUT2D eigenvalue weighted by Crippen LogP contribution is 2.28. The molecule has 0 aliphatic rings. The third-order valence-corrected chi connectivity index (χ3v) is 6.72. The first-order valence-electron chi connectivity index (χ1n) is 10.7. The van der Waals surface area contributed by atoms with Gasteiger partial charge in [0, 0.05) is 6.54 Å². The fourth-order valence-corrected chi connectivity index (χ4v) is 5.00. The summed E-state index contributed by atoms with van der Waals surface area (Å²) < 4.78 is 53.9. The van der Waals surface area contributed by atoms with E-state index in [0.717, 1.165) is 27.4 Å². The molecule has 0 unspecified atom stereocenters. The zero-order chi connectivity index (χ0) is 26.0. The van der Waals surface area contributed by atoms with Crippen molar-refractivity contribution in [3.63, 3.8) is 0 Å². The Bertz CT molecular complexity index is 1610. The first kappa shape index (κ1) is 24.9. The Morgan fingerprint density at radius 1 is 1.03 bits per heavy atom. The van der Waals surface area contributed by atoms with Gasteiger partial charge in [0.2, 0.25) is 10.0 Å². The van der Waals surface area contributed by atoms with Crippen LogP contribution in [-0.2, 0) is 21.4 Å². The third-order valence-electron chi connectivity index (χ3n) is 5.54. The number of hydrogen-bond donors (Lipinski definition) is 1. The second-order valence-corrected chi connectivity index (χ2v) is 9.87. The number of anilines is 1. The minimum Gasteiger partial charge on any atom is -0.480 e. The Morgan fingerprint density at radius 3 is 2.33 bits per heavy atom. The molecule has 36 heavy (non-hydrogen) atoms. The van der Waals surface area contributed by atoms with E-state index >= 15 is 0 Å². The molecule has 12 heteroatoms. The van der Waals surface area contributed by atoms with Gasteiger partial charge in [0.25, 0.3) is 5.56 Å². The molecule has 4 rings (SSSR count). The number of halogens is 2. The molecule has 0 radical (unpaired) electrons.